The van der Waals surface area contributed by atoms with E-state index in [1.54, 1.807) is 0 Å². The summed E-state index contributed by atoms with van der Waals surface area (Å²) in [7, 11) is 5.75. The predicted octanol–water partition coefficient (Wildman–Crippen LogP) is 0.230. The second-order valence-electron chi connectivity index (χ2n) is 4.52. The van der Waals surface area contributed by atoms with Crippen molar-refractivity contribution in [2.75, 3.05) is 39.9 Å². The van der Waals surface area contributed by atoms with Gasteiger partial charge in [-0.2, -0.15) is 15.0 Å². The second-order valence-corrected chi connectivity index (χ2v) is 4.52. The van der Waals surface area contributed by atoms with Crippen LogP contribution in [0.1, 0.15) is 5.56 Å². The molecule has 24 heavy (non-hydrogen) atoms. The Hall–Kier alpha value is -3.01. The van der Waals surface area contributed by atoms with Gasteiger partial charge in [-0.25, -0.2) is 0 Å². The zero-order valence-corrected chi connectivity index (χ0v) is 13.8. The number of aliphatic hydroxyl groups excluding tert-OH is 1. The molecule has 1 aromatic heterocycles. The van der Waals surface area contributed by atoms with Gasteiger partial charge in [-0.3, -0.25) is 0 Å². The standard InChI is InChI=1S/C14H19N5O5/c1-21-8-6(5-20)7(12-17-13(15)19-14(16)18-12)9(22-2)11(24-4)10(8)23-3/h20H,5H2,1-4H3,(H4,15,16,17,18,19). The van der Waals surface area contributed by atoms with Crippen molar-refractivity contribution in [1.82, 2.24) is 15.0 Å². The SMILES string of the molecule is COc1c(CO)c(-c2nc(N)nc(N)n2)c(OC)c(OC)c1OC. The van der Waals surface area contributed by atoms with E-state index in [0.717, 1.165) is 0 Å². The molecule has 130 valence electrons. The minimum absolute atomic E-state index is 0.0720. The van der Waals surface area contributed by atoms with Crippen LogP contribution < -0.4 is 30.4 Å². The van der Waals surface area contributed by atoms with Crippen LogP contribution in [-0.2, 0) is 6.61 Å². The van der Waals surface area contributed by atoms with Crippen LogP contribution in [0.5, 0.6) is 23.0 Å². The van der Waals surface area contributed by atoms with Gasteiger partial charge >= 0.3 is 0 Å². The number of nitrogens with zero attached hydrogens (tertiary/aromatic N) is 3. The predicted molar refractivity (Wildman–Crippen MR) is 86.2 cm³/mol. The summed E-state index contributed by atoms with van der Waals surface area (Å²) in [6.07, 6.45) is 0. The molecule has 10 nitrogen and oxygen atoms in total. The molecule has 2 rings (SSSR count). The Morgan fingerprint density at radius 2 is 1.21 bits per heavy atom. The van der Waals surface area contributed by atoms with Crippen molar-refractivity contribution in [1.29, 1.82) is 0 Å². The van der Waals surface area contributed by atoms with Crippen LogP contribution in [0.2, 0.25) is 0 Å². The van der Waals surface area contributed by atoms with Gasteiger partial charge in [-0.15, -0.1) is 0 Å². The van der Waals surface area contributed by atoms with Crippen molar-refractivity contribution in [3.8, 4) is 34.4 Å². The van der Waals surface area contributed by atoms with Crippen LogP contribution in [-0.4, -0.2) is 48.5 Å². The van der Waals surface area contributed by atoms with Gasteiger partial charge in [0.15, 0.2) is 17.3 Å². The highest BCUT2D eigenvalue weighted by molar-refractivity contribution is 5.81. The Morgan fingerprint density at radius 3 is 1.62 bits per heavy atom. The molecule has 1 heterocycles. The molecule has 0 atom stereocenters. The highest BCUT2D eigenvalue weighted by Crippen LogP contribution is 2.52. The normalized spacial score (nSPS) is 10.4. The molecule has 0 aliphatic rings. The summed E-state index contributed by atoms with van der Waals surface area (Å²) in [5, 5.41) is 9.87. The van der Waals surface area contributed by atoms with Crippen molar-refractivity contribution in [2.24, 2.45) is 0 Å². The molecule has 0 amide bonds. The van der Waals surface area contributed by atoms with Gasteiger partial charge in [0.2, 0.25) is 23.4 Å². The molecular weight excluding hydrogens is 318 g/mol. The lowest BCUT2D eigenvalue weighted by Gasteiger charge is -2.21. The molecule has 0 bridgehead atoms. The Balaban J connectivity index is 2.96. The molecule has 0 unspecified atom stereocenters. The summed E-state index contributed by atoms with van der Waals surface area (Å²) in [5.41, 5.74) is 11.9. The molecule has 0 aliphatic heterocycles. The third-order valence-electron chi connectivity index (χ3n) is 3.29. The first-order chi connectivity index (χ1) is 11.5. The zero-order chi connectivity index (χ0) is 17.9. The summed E-state index contributed by atoms with van der Waals surface area (Å²) < 4.78 is 21.5. The molecule has 1 aromatic carbocycles. The van der Waals surface area contributed by atoms with Gasteiger partial charge in [0.25, 0.3) is 0 Å². The number of methoxy groups -OCH3 is 4. The minimum Gasteiger partial charge on any atom is -0.492 e. The number of ether oxygens (including phenoxy) is 4. The number of benzene rings is 1. The highest BCUT2D eigenvalue weighted by atomic mass is 16.5. The molecule has 0 fully saturated rings. The molecule has 2 aromatic rings. The molecule has 0 saturated heterocycles. The van der Waals surface area contributed by atoms with Crippen LogP contribution in [0.25, 0.3) is 11.4 Å². The van der Waals surface area contributed by atoms with E-state index in [-0.39, 0.29) is 40.7 Å². The molecular formula is C14H19N5O5. The third-order valence-corrected chi connectivity index (χ3v) is 3.29. The van der Waals surface area contributed by atoms with Crippen molar-refractivity contribution < 1.29 is 24.1 Å². The van der Waals surface area contributed by atoms with Crippen LogP contribution >= 0.6 is 0 Å². The van der Waals surface area contributed by atoms with E-state index < -0.39 is 6.61 Å². The highest BCUT2D eigenvalue weighted by Gasteiger charge is 2.29. The summed E-state index contributed by atoms with van der Waals surface area (Å²) in [5.74, 6) is 0.977. The number of nitrogens with two attached hydrogens (primary N) is 2. The summed E-state index contributed by atoms with van der Waals surface area (Å²) in [6, 6.07) is 0. The second kappa shape index (κ2) is 7.04. The average Bonchev–Trinajstić information content (AvgIpc) is 2.57. The third kappa shape index (κ3) is 2.78. The van der Waals surface area contributed by atoms with E-state index in [2.05, 4.69) is 15.0 Å². The molecule has 0 saturated carbocycles. The summed E-state index contributed by atoms with van der Waals surface area (Å²) in [4.78, 5) is 11.9. The molecule has 0 radical (unpaired) electrons. The lowest BCUT2D eigenvalue weighted by atomic mass is 10.0. The fourth-order valence-electron chi connectivity index (χ4n) is 2.40. The number of aliphatic hydroxyl groups is 1. The maximum atomic E-state index is 9.87. The quantitative estimate of drug-likeness (QED) is 0.668. The van der Waals surface area contributed by atoms with E-state index in [1.165, 1.54) is 28.4 Å². The maximum absolute atomic E-state index is 9.87. The Kier molecular flexibility index (Phi) is 5.09. The number of hydrogen-bond donors (Lipinski definition) is 3. The average molecular weight is 337 g/mol. The Bertz CT molecular complexity index is 700. The lowest BCUT2D eigenvalue weighted by Crippen LogP contribution is -2.09. The largest absolute Gasteiger partial charge is 0.492 e. The van der Waals surface area contributed by atoms with Crippen molar-refractivity contribution in [2.45, 2.75) is 6.61 Å². The topological polar surface area (TPSA) is 148 Å². The van der Waals surface area contributed by atoms with Crippen molar-refractivity contribution >= 4 is 11.9 Å². The van der Waals surface area contributed by atoms with Crippen molar-refractivity contribution in [3.05, 3.63) is 5.56 Å². The van der Waals surface area contributed by atoms with Gasteiger partial charge in [-0.1, -0.05) is 0 Å². The maximum Gasteiger partial charge on any atom is 0.225 e. The fraction of sp³-hybridized carbons (Fsp3) is 0.357. The van der Waals surface area contributed by atoms with E-state index in [1.807, 2.05) is 0 Å². The first-order valence-electron chi connectivity index (χ1n) is 6.79. The van der Waals surface area contributed by atoms with Gasteiger partial charge in [0, 0.05) is 5.56 Å². The van der Waals surface area contributed by atoms with E-state index in [4.69, 9.17) is 30.4 Å². The molecule has 5 N–H and O–H groups in total. The zero-order valence-electron chi connectivity index (χ0n) is 13.8. The Morgan fingerprint density at radius 1 is 0.750 bits per heavy atom. The fourth-order valence-corrected chi connectivity index (χ4v) is 2.40. The van der Waals surface area contributed by atoms with Gasteiger partial charge in [0.05, 0.1) is 40.6 Å². The van der Waals surface area contributed by atoms with E-state index in [9.17, 15) is 5.11 Å². The van der Waals surface area contributed by atoms with E-state index in [0.29, 0.717) is 11.1 Å². The number of rotatable bonds is 6. The summed E-state index contributed by atoms with van der Waals surface area (Å²) >= 11 is 0. The van der Waals surface area contributed by atoms with Gasteiger partial charge < -0.3 is 35.5 Å². The van der Waals surface area contributed by atoms with Gasteiger partial charge in [-0.05, 0) is 0 Å². The van der Waals surface area contributed by atoms with Crippen LogP contribution in [0.15, 0.2) is 0 Å². The smallest absolute Gasteiger partial charge is 0.225 e. The first kappa shape index (κ1) is 17.3. The van der Waals surface area contributed by atoms with Gasteiger partial charge in [0.1, 0.15) is 0 Å². The number of nitrogen functional groups attached to an aromatic ring is 2. The number of aromatic nitrogens is 3. The lowest BCUT2D eigenvalue weighted by molar-refractivity contribution is 0.264. The number of anilines is 2. The van der Waals surface area contributed by atoms with Crippen LogP contribution in [0.4, 0.5) is 11.9 Å². The number of hydrogen-bond acceptors (Lipinski definition) is 10. The molecule has 0 spiro atoms. The minimum atomic E-state index is -0.402. The monoisotopic (exact) mass is 337 g/mol. The Labute approximate surface area is 138 Å². The molecule has 0 aliphatic carbocycles. The first-order valence-corrected chi connectivity index (χ1v) is 6.79. The van der Waals surface area contributed by atoms with Crippen molar-refractivity contribution in [3.63, 3.8) is 0 Å². The molecule has 10 heteroatoms. The summed E-state index contributed by atoms with van der Waals surface area (Å²) in [6.45, 7) is -0.402. The van der Waals surface area contributed by atoms with Crippen LogP contribution in [0.3, 0.4) is 0 Å². The van der Waals surface area contributed by atoms with E-state index >= 15 is 0 Å². The van der Waals surface area contributed by atoms with Crippen LogP contribution in [0, 0.1) is 0 Å².